The fraction of sp³-hybridized carbons (Fsp3) is 0.0667. The van der Waals surface area contributed by atoms with Crippen LogP contribution in [0.15, 0.2) is 57.6 Å². The van der Waals surface area contributed by atoms with Crippen molar-refractivity contribution in [1.29, 1.82) is 0 Å². The number of ketones is 1. The number of carbonyl (C=O) groups excluding carboxylic acids is 2. The second-order valence-electron chi connectivity index (χ2n) is 5.00. The highest BCUT2D eigenvalue weighted by Gasteiger charge is 2.52. The SMILES string of the molecule is O=C1C=CC=C/C1=C1/NNC2(S1)C(=O)Nc1ccc(Br)cc12. The van der Waals surface area contributed by atoms with Gasteiger partial charge in [0.1, 0.15) is 0 Å². The number of benzene rings is 1. The number of hydrogen-bond acceptors (Lipinski definition) is 5. The van der Waals surface area contributed by atoms with Gasteiger partial charge in [0.15, 0.2) is 10.7 Å². The Labute approximate surface area is 139 Å². The summed E-state index contributed by atoms with van der Waals surface area (Å²) in [6.45, 7) is 0. The number of rotatable bonds is 0. The van der Waals surface area contributed by atoms with Gasteiger partial charge in [-0.15, -0.1) is 0 Å². The Morgan fingerprint density at radius 1 is 1.14 bits per heavy atom. The molecule has 7 heteroatoms. The van der Waals surface area contributed by atoms with Gasteiger partial charge in [-0.25, -0.2) is 5.43 Å². The second-order valence-corrected chi connectivity index (χ2v) is 7.14. The number of carbonyl (C=O) groups is 2. The molecule has 0 bridgehead atoms. The summed E-state index contributed by atoms with van der Waals surface area (Å²) in [6, 6.07) is 5.64. The van der Waals surface area contributed by atoms with Crippen molar-refractivity contribution >= 4 is 45.1 Å². The molecule has 1 aromatic rings. The summed E-state index contributed by atoms with van der Waals surface area (Å²) < 4.78 is 0.891. The lowest BCUT2D eigenvalue weighted by Gasteiger charge is -2.18. The molecular formula is C15H10BrN3O2S. The number of thioether (sulfide) groups is 1. The number of hydrogen-bond donors (Lipinski definition) is 3. The lowest BCUT2D eigenvalue weighted by atomic mass is 10.1. The molecule has 2 heterocycles. The Kier molecular flexibility index (Phi) is 3.04. The van der Waals surface area contributed by atoms with E-state index in [1.165, 1.54) is 17.8 Å². The minimum Gasteiger partial charge on any atom is -0.323 e. The van der Waals surface area contributed by atoms with Gasteiger partial charge in [0.25, 0.3) is 5.91 Å². The molecule has 4 rings (SSSR count). The first-order chi connectivity index (χ1) is 10.6. The zero-order chi connectivity index (χ0) is 15.3. The van der Waals surface area contributed by atoms with Gasteiger partial charge in [0.05, 0.1) is 10.6 Å². The molecule has 1 saturated heterocycles. The van der Waals surface area contributed by atoms with Crippen molar-refractivity contribution in [3.63, 3.8) is 0 Å². The molecular weight excluding hydrogens is 366 g/mol. The number of halogens is 1. The summed E-state index contributed by atoms with van der Waals surface area (Å²) in [5, 5.41) is 3.52. The zero-order valence-electron chi connectivity index (χ0n) is 11.1. The molecule has 1 spiro atoms. The standard InChI is InChI=1S/C15H10BrN3O2S/c16-8-5-6-11-10(7-8)15(14(21)17-11)19-18-13(22-15)9-3-1-2-4-12(9)20/h1-7,18-19H,(H,17,21)/b13-9+. The van der Waals surface area contributed by atoms with Crippen LogP contribution in [0.5, 0.6) is 0 Å². The van der Waals surface area contributed by atoms with Crippen molar-refractivity contribution in [3.05, 3.63) is 63.1 Å². The summed E-state index contributed by atoms with van der Waals surface area (Å²) in [5.41, 5.74) is 8.19. The molecule has 22 heavy (non-hydrogen) atoms. The van der Waals surface area contributed by atoms with Crippen LogP contribution >= 0.6 is 27.7 Å². The molecule has 1 amide bonds. The molecule has 1 aliphatic carbocycles. The van der Waals surface area contributed by atoms with E-state index in [9.17, 15) is 9.59 Å². The van der Waals surface area contributed by atoms with Gasteiger partial charge < -0.3 is 10.7 Å². The fourth-order valence-electron chi connectivity index (χ4n) is 2.60. The normalized spacial score (nSPS) is 29.0. The fourth-order valence-corrected chi connectivity index (χ4v) is 4.17. The summed E-state index contributed by atoms with van der Waals surface area (Å²) in [5.74, 6) is -0.235. The van der Waals surface area contributed by atoms with Crippen LogP contribution in [0.4, 0.5) is 5.69 Å². The Morgan fingerprint density at radius 2 is 1.95 bits per heavy atom. The van der Waals surface area contributed by atoms with Crippen molar-refractivity contribution in [3.8, 4) is 0 Å². The number of fused-ring (bicyclic) bond motifs is 2. The van der Waals surface area contributed by atoms with Crippen LogP contribution in [0.2, 0.25) is 0 Å². The van der Waals surface area contributed by atoms with E-state index < -0.39 is 4.87 Å². The van der Waals surface area contributed by atoms with Crippen molar-refractivity contribution in [2.24, 2.45) is 0 Å². The molecule has 1 atom stereocenters. The molecule has 1 unspecified atom stereocenters. The van der Waals surface area contributed by atoms with E-state index in [0.29, 0.717) is 10.6 Å². The van der Waals surface area contributed by atoms with Crippen molar-refractivity contribution in [2.75, 3.05) is 5.32 Å². The Bertz CT molecular complexity index is 815. The van der Waals surface area contributed by atoms with E-state index >= 15 is 0 Å². The quantitative estimate of drug-likeness (QED) is 0.607. The highest BCUT2D eigenvalue weighted by atomic mass is 79.9. The van der Waals surface area contributed by atoms with Gasteiger partial charge in [-0.05, 0) is 30.4 Å². The van der Waals surface area contributed by atoms with Gasteiger partial charge in [-0.2, -0.15) is 0 Å². The smallest absolute Gasteiger partial charge is 0.261 e. The number of hydrazine groups is 1. The number of nitrogens with one attached hydrogen (secondary N) is 3. The maximum absolute atomic E-state index is 12.5. The molecule has 0 radical (unpaired) electrons. The van der Waals surface area contributed by atoms with Crippen LogP contribution in [-0.2, 0) is 14.5 Å². The lowest BCUT2D eigenvalue weighted by Crippen LogP contribution is -2.44. The molecule has 5 nitrogen and oxygen atoms in total. The summed E-state index contributed by atoms with van der Waals surface area (Å²) >= 11 is 4.74. The minimum atomic E-state index is -0.962. The van der Waals surface area contributed by atoms with Crippen molar-refractivity contribution in [1.82, 2.24) is 10.9 Å². The van der Waals surface area contributed by atoms with Crippen LogP contribution in [0.25, 0.3) is 0 Å². The van der Waals surface area contributed by atoms with E-state index in [4.69, 9.17) is 0 Å². The van der Waals surface area contributed by atoms with E-state index in [1.54, 1.807) is 18.2 Å². The topological polar surface area (TPSA) is 70.2 Å². The second kappa shape index (κ2) is 4.84. The number of allylic oxidation sites excluding steroid dienone is 5. The summed E-state index contributed by atoms with van der Waals surface area (Å²) in [4.78, 5) is 23.5. The highest BCUT2D eigenvalue weighted by Crippen LogP contribution is 2.50. The third-order valence-electron chi connectivity index (χ3n) is 3.67. The van der Waals surface area contributed by atoms with Gasteiger partial charge in [-0.3, -0.25) is 9.59 Å². The van der Waals surface area contributed by atoms with E-state index in [-0.39, 0.29) is 11.7 Å². The molecule has 1 fully saturated rings. The maximum atomic E-state index is 12.5. The van der Waals surface area contributed by atoms with Crippen LogP contribution < -0.4 is 16.2 Å². The molecule has 110 valence electrons. The van der Waals surface area contributed by atoms with Crippen molar-refractivity contribution < 1.29 is 9.59 Å². The third-order valence-corrected chi connectivity index (χ3v) is 5.50. The number of amides is 1. The zero-order valence-corrected chi connectivity index (χ0v) is 13.5. The predicted octanol–water partition coefficient (Wildman–Crippen LogP) is 2.30. The molecule has 3 N–H and O–H groups in total. The first-order valence-electron chi connectivity index (χ1n) is 6.57. The average molecular weight is 376 g/mol. The molecule has 3 aliphatic rings. The van der Waals surface area contributed by atoms with Gasteiger partial charge >= 0.3 is 0 Å². The Balaban J connectivity index is 1.80. The van der Waals surface area contributed by atoms with E-state index in [1.807, 2.05) is 18.2 Å². The molecule has 0 saturated carbocycles. The Morgan fingerprint density at radius 3 is 2.77 bits per heavy atom. The average Bonchev–Trinajstić information content (AvgIpc) is 3.05. The van der Waals surface area contributed by atoms with E-state index in [2.05, 4.69) is 32.1 Å². The first kappa shape index (κ1) is 13.8. The van der Waals surface area contributed by atoms with Crippen LogP contribution in [-0.4, -0.2) is 11.7 Å². The first-order valence-corrected chi connectivity index (χ1v) is 8.18. The largest absolute Gasteiger partial charge is 0.323 e. The monoisotopic (exact) mass is 375 g/mol. The third kappa shape index (κ3) is 1.89. The molecule has 1 aromatic carbocycles. The van der Waals surface area contributed by atoms with E-state index in [0.717, 1.165) is 15.7 Å². The van der Waals surface area contributed by atoms with Gasteiger partial charge in [-0.1, -0.05) is 39.8 Å². The van der Waals surface area contributed by atoms with Crippen LogP contribution in [0.3, 0.4) is 0 Å². The highest BCUT2D eigenvalue weighted by molar-refractivity contribution is 9.10. The molecule has 0 aromatic heterocycles. The van der Waals surface area contributed by atoms with Gasteiger partial charge in [0.2, 0.25) is 0 Å². The summed E-state index contributed by atoms with van der Waals surface area (Å²) in [6.07, 6.45) is 6.75. The minimum absolute atomic E-state index is 0.0794. The predicted molar refractivity (Wildman–Crippen MR) is 88.6 cm³/mol. The lowest BCUT2D eigenvalue weighted by molar-refractivity contribution is -0.118. The van der Waals surface area contributed by atoms with Crippen molar-refractivity contribution in [2.45, 2.75) is 4.87 Å². The Hall–Kier alpha value is -1.83. The summed E-state index contributed by atoms with van der Waals surface area (Å²) in [7, 11) is 0. The maximum Gasteiger partial charge on any atom is 0.261 e. The van der Waals surface area contributed by atoms with Crippen LogP contribution in [0, 0.1) is 0 Å². The molecule has 2 aliphatic heterocycles. The number of anilines is 1. The van der Waals surface area contributed by atoms with Crippen LogP contribution in [0.1, 0.15) is 5.56 Å². The van der Waals surface area contributed by atoms with Gasteiger partial charge in [0, 0.05) is 15.7 Å².